The molecule has 0 atom stereocenters. The molecule has 0 saturated carbocycles. The molecule has 0 unspecified atom stereocenters. The first-order chi connectivity index (χ1) is 11.1. The van der Waals surface area contributed by atoms with E-state index >= 15 is 0 Å². The van der Waals surface area contributed by atoms with Crippen molar-refractivity contribution in [2.75, 3.05) is 6.54 Å². The standard InChI is InChI=1S/C15H16N2O6/c18-12-6-7-13(19)17(12)23-14(20)8-9-16-15(21)22-10-11-4-2-1-3-5-11/h1-7,18-19H,8-10H2,(H,16,21). The Morgan fingerprint density at radius 2 is 1.70 bits per heavy atom. The zero-order valence-electron chi connectivity index (χ0n) is 12.1. The molecule has 0 aliphatic rings. The van der Waals surface area contributed by atoms with E-state index in [1.807, 2.05) is 30.3 Å². The summed E-state index contributed by atoms with van der Waals surface area (Å²) in [6, 6.07) is 11.5. The molecular weight excluding hydrogens is 304 g/mol. The summed E-state index contributed by atoms with van der Waals surface area (Å²) in [5.41, 5.74) is 0.848. The molecule has 8 heteroatoms. The minimum Gasteiger partial charge on any atom is -0.492 e. The number of aromatic nitrogens is 1. The van der Waals surface area contributed by atoms with Crippen LogP contribution in [0.1, 0.15) is 12.0 Å². The van der Waals surface area contributed by atoms with E-state index < -0.39 is 23.8 Å². The number of hydrogen-bond acceptors (Lipinski definition) is 6. The quantitative estimate of drug-likeness (QED) is 0.737. The highest BCUT2D eigenvalue weighted by Crippen LogP contribution is 2.18. The van der Waals surface area contributed by atoms with Gasteiger partial charge in [-0.1, -0.05) is 30.3 Å². The molecule has 1 heterocycles. The maximum absolute atomic E-state index is 11.5. The van der Waals surface area contributed by atoms with Crippen molar-refractivity contribution in [3.63, 3.8) is 0 Å². The van der Waals surface area contributed by atoms with E-state index in [2.05, 4.69) is 5.32 Å². The van der Waals surface area contributed by atoms with Crippen molar-refractivity contribution in [3.8, 4) is 11.8 Å². The molecule has 0 spiro atoms. The molecular formula is C15H16N2O6. The van der Waals surface area contributed by atoms with Crippen LogP contribution in [0.4, 0.5) is 4.79 Å². The summed E-state index contributed by atoms with van der Waals surface area (Å²) in [6.07, 6.45) is -0.814. The minimum atomic E-state index is -0.741. The number of aromatic hydroxyl groups is 2. The number of ether oxygens (including phenoxy) is 1. The van der Waals surface area contributed by atoms with Gasteiger partial charge in [-0.2, -0.15) is 0 Å². The smallest absolute Gasteiger partial charge is 0.407 e. The second kappa shape index (κ2) is 7.74. The Bertz CT molecular complexity index is 648. The normalized spacial score (nSPS) is 10.1. The molecule has 23 heavy (non-hydrogen) atoms. The zero-order chi connectivity index (χ0) is 16.7. The van der Waals surface area contributed by atoms with Gasteiger partial charge in [0, 0.05) is 18.7 Å². The fraction of sp³-hybridized carbons (Fsp3) is 0.200. The lowest BCUT2D eigenvalue weighted by Crippen LogP contribution is -2.29. The number of nitrogens with one attached hydrogen (secondary N) is 1. The summed E-state index contributed by atoms with van der Waals surface area (Å²) >= 11 is 0. The first kappa shape index (κ1) is 16.2. The van der Waals surface area contributed by atoms with Gasteiger partial charge in [0.2, 0.25) is 11.8 Å². The number of rotatable bonds is 6. The average molecular weight is 320 g/mol. The van der Waals surface area contributed by atoms with Gasteiger partial charge in [0.25, 0.3) is 0 Å². The number of carbonyl (C=O) groups excluding carboxylic acids is 2. The Hall–Kier alpha value is -3.16. The van der Waals surface area contributed by atoms with Crippen LogP contribution in [0.5, 0.6) is 11.8 Å². The fourth-order valence-electron chi connectivity index (χ4n) is 1.68. The zero-order valence-corrected chi connectivity index (χ0v) is 12.1. The Balaban J connectivity index is 1.66. The van der Waals surface area contributed by atoms with E-state index in [9.17, 15) is 19.8 Å². The molecule has 1 aromatic carbocycles. The predicted octanol–water partition coefficient (Wildman–Crippen LogP) is 1.17. The maximum Gasteiger partial charge on any atom is 0.407 e. The molecule has 0 aliphatic carbocycles. The summed E-state index contributed by atoms with van der Waals surface area (Å²) in [7, 11) is 0. The molecule has 0 fully saturated rings. The van der Waals surface area contributed by atoms with E-state index in [0.29, 0.717) is 4.73 Å². The molecule has 1 aromatic heterocycles. The number of benzene rings is 1. The van der Waals surface area contributed by atoms with Crippen LogP contribution in [0, 0.1) is 0 Å². The van der Waals surface area contributed by atoms with E-state index in [0.717, 1.165) is 5.56 Å². The minimum absolute atomic E-state index is 0.00471. The van der Waals surface area contributed by atoms with E-state index in [4.69, 9.17) is 9.57 Å². The van der Waals surface area contributed by atoms with Crippen LogP contribution in [-0.4, -0.2) is 33.6 Å². The van der Waals surface area contributed by atoms with Gasteiger partial charge < -0.3 is 25.1 Å². The van der Waals surface area contributed by atoms with Crippen molar-refractivity contribution in [3.05, 3.63) is 48.0 Å². The molecule has 0 aliphatic heterocycles. The highest BCUT2D eigenvalue weighted by molar-refractivity contribution is 5.72. The van der Waals surface area contributed by atoms with Crippen molar-refractivity contribution >= 4 is 12.1 Å². The molecule has 122 valence electrons. The average Bonchev–Trinajstić information content (AvgIpc) is 2.86. The van der Waals surface area contributed by atoms with E-state index in [-0.39, 0.29) is 19.6 Å². The second-order valence-corrected chi connectivity index (χ2v) is 4.55. The highest BCUT2D eigenvalue weighted by Gasteiger charge is 2.12. The Labute approximate surface area is 131 Å². The second-order valence-electron chi connectivity index (χ2n) is 4.55. The van der Waals surface area contributed by atoms with E-state index in [1.54, 1.807) is 0 Å². The number of hydrogen-bond donors (Lipinski definition) is 3. The Morgan fingerprint density at radius 1 is 1.04 bits per heavy atom. The Kier molecular flexibility index (Phi) is 5.45. The molecule has 2 aromatic rings. The van der Waals surface area contributed by atoms with Crippen molar-refractivity contribution in [2.24, 2.45) is 0 Å². The SMILES string of the molecule is O=C(CCNC(=O)OCc1ccccc1)On1c(O)ccc1O. The van der Waals surface area contributed by atoms with Gasteiger partial charge in [-0.05, 0) is 5.56 Å². The lowest BCUT2D eigenvalue weighted by molar-refractivity contribution is -0.145. The number of nitrogens with zero attached hydrogens (tertiary/aromatic N) is 1. The molecule has 0 radical (unpaired) electrons. The lowest BCUT2D eigenvalue weighted by atomic mass is 10.2. The van der Waals surface area contributed by atoms with Gasteiger partial charge in [0.05, 0.1) is 6.42 Å². The van der Waals surface area contributed by atoms with Crippen LogP contribution in [0.15, 0.2) is 42.5 Å². The summed E-state index contributed by atoms with van der Waals surface area (Å²) in [6.45, 7) is 0.123. The van der Waals surface area contributed by atoms with Crippen LogP contribution >= 0.6 is 0 Å². The van der Waals surface area contributed by atoms with Crippen molar-refractivity contribution < 1.29 is 29.4 Å². The fourth-order valence-corrected chi connectivity index (χ4v) is 1.68. The predicted molar refractivity (Wildman–Crippen MR) is 78.6 cm³/mol. The lowest BCUT2D eigenvalue weighted by Gasteiger charge is -2.08. The summed E-state index contributed by atoms with van der Waals surface area (Å²) < 4.78 is 5.55. The van der Waals surface area contributed by atoms with Gasteiger partial charge in [0.15, 0.2) is 0 Å². The number of carbonyl (C=O) groups is 2. The van der Waals surface area contributed by atoms with Gasteiger partial charge >= 0.3 is 12.1 Å². The van der Waals surface area contributed by atoms with Crippen LogP contribution in [0.2, 0.25) is 0 Å². The van der Waals surface area contributed by atoms with Crippen molar-refractivity contribution in [2.45, 2.75) is 13.0 Å². The van der Waals surface area contributed by atoms with Gasteiger partial charge in [-0.15, -0.1) is 4.73 Å². The molecule has 2 rings (SSSR count). The third-order valence-electron chi connectivity index (χ3n) is 2.80. The monoisotopic (exact) mass is 320 g/mol. The Morgan fingerprint density at radius 3 is 2.35 bits per heavy atom. The molecule has 8 nitrogen and oxygen atoms in total. The summed E-state index contributed by atoms with van der Waals surface area (Å²) in [4.78, 5) is 27.7. The van der Waals surface area contributed by atoms with Gasteiger partial charge in [0.1, 0.15) is 6.61 Å². The maximum atomic E-state index is 11.5. The van der Waals surface area contributed by atoms with Crippen molar-refractivity contribution in [1.82, 2.24) is 10.0 Å². The van der Waals surface area contributed by atoms with E-state index in [1.165, 1.54) is 12.1 Å². The molecule has 1 amide bonds. The molecule has 0 bridgehead atoms. The molecule has 3 N–H and O–H groups in total. The first-order valence-corrected chi connectivity index (χ1v) is 6.81. The highest BCUT2D eigenvalue weighted by atomic mass is 16.7. The number of amides is 1. The van der Waals surface area contributed by atoms with Crippen LogP contribution < -0.4 is 10.2 Å². The number of alkyl carbamates (subject to hydrolysis) is 1. The third-order valence-corrected chi connectivity index (χ3v) is 2.80. The largest absolute Gasteiger partial charge is 0.492 e. The van der Waals surface area contributed by atoms with Crippen LogP contribution in [-0.2, 0) is 16.1 Å². The van der Waals surface area contributed by atoms with Gasteiger partial charge in [-0.3, -0.25) is 0 Å². The van der Waals surface area contributed by atoms with Crippen molar-refractivity contribution in [1.29, 1.82) is 0 Å². The topological polar surface area (TPSA) is 110 Å². The first-order valence-electron chi connectivity index (χ1n) is 6.81. The van der Waals surface area contributed by atoms with Crippen LogP contribution in [0.3, 0.4) is 0 Å². The molecule has 0 saturated heterocycles. The summed E-state index contributed by atoms with van der Waals surface area (Å²) in [5.74, 6) is -1.56. The van der Waals surface area contributed by atoms with Crippen LogP contribution in [0.25, 0.3) is 0 Å². The summed E-state index contributed by atoms with van der Waals surface area (Å²) in [5, 5.41) is 21.0. The third kappa shape index (κ3) is 4.95. The van der Waals surface area contributed by atoms with Gasteiger partial charge in [-0.25, -0.2) is 9.59 Å².